The molecular formula is C43H58ClN6O6S+. The number of amides is 5. The number of hydrogen-bond donors (Lipinski definition) is 2. The third-order valence-electron chi connectivity index (χ3n) is 10.8. The minimum Gasteiger partial charge on any atom is -0.322 e. The molecule has 3 heterocycles. The summed E-state index contributed by atoms with van der Waals surface area (Å²) in [5.74, 6) is -2.47. The number of anilines is 3. The van der Waals surface area contributed by atoms with E-state index in [0.717, 1.165) is 29.7 Å². The van der Waals surface area contributed by atoms with E-state index in [-0.39, 0.29) is 35.4 Å². The van der Waals surface area contributed by atoms with Gasteiger partial charge in [0.25, 0.3) is 17.7 Å². The van der Waals surface area contributed by atoms with Crippen molar-refractivity contribution >= 4 is 62.4 Å². The third-order valence-corrected chi connectivity index (χ3v) is 12.5. The number of rotatable bonds is 23. The zero-order valence-corrected chi connectivity index (χ0v) is 34.9. The first-order chi connectivity index (χ1) is 27.5. The number of carbonyl (C=O) groups excluding carboxylic acids is 4. The number of hydrogen-bond acceptors (Lipinski definition) is 6. The summed E-state index contributed by atoms with van der Waals surface area (Å²) in [7, 11) is -3.72. The highest BCUT2D eigenvalue weighted by Gasteiger charge is 2.53. The number of imide groups is 1. The molecule has 14 heteroatoms. The number of fused-ring (bicyclic) bond motifs is 1. The van der Waals surface area contributed by atoms with Crippen molar-refractivity contribution in [2.75, 3.05) is 27.2 Å². The molecule has 2 unspecified atom stereocenters. The number of nitrogens with one attached hydrogen (secondary N) is 2. The Morgan fingerprint density at radius 2 is 1.46 bits per heavy atom. The van der Waals surface area contributed by atoms with Crippen LogP contribution in [0, 0.1) is 0 Å². The van der Waals surface area contributed by atoms with Crippen molar-refractivity contribution in [3.63, 3.8) is 0 Å². The molecule has 2 aliphatic heterocycles. The number of unbranched alkanes of at least 4 members (excludes halogenated alkanes) is 13. The van der Waals surface area contributed by atoms with Crippen LogP contribution in [0.15, 0.2) is 73.1 Å². The maximum absolute atomic E-state index is 14.4. The van der Waals surface area contributed by atoms with Gasteiger partial charge in [-0.3, -0.25) is 24.0 Å². The van der Waals surface area contributed by atoms with E-state index >= 15 is 0 Å². The smallest absolute Gasteiger partial charge is 0.322 e. The Balaban J connectivity index is 1.20. The molecule has 12 nitrogen and oxygen atoms in total. The zero-order valence-electron chi connectivity index (χ0n) is 33.3. The van der Waals surface area contributed by atoms with Gasteiger partial charge in [0.15, 0.2) is 18.4 Å². The van der Waals surface area contributed by atoms with Crippen molar-refractivity contribution in [3.05, 3.63) is 83.6 Å². The standard InChI is InChI=1S/C43H57ClN6O6S/c1-3-4-5-6-7-8-9-10-11-12-13-14-15-21-30-57(55,56)46-35-24-25-36(44)37(31-35)45-40(51)39(42(53)48-29-26-34-22-17-18-23-38(34)48)50-41(52)33(2)49(43(50)54)32-47-27-19-16-20-28-47/h16-20,22-25,27-28,31,33,39,46H,3-15,21,26,29-30,32H2,1-2H3/p+1. The van der Waals surface area contributed by atoms with E-state index in [2.05, 4.69) is 17.0 Å². The molecule has 2 atom stereocenters. The Labute approximate surface area is 343 Å². The number of carbonyl (C=O) groups is 4. The quantitative estimate of drug-likeness (QED) is 0.0430. The molecule has 1 fully saturated rings. The highest BCUT2D eigenvalue weighted by molar-refractivity contribution is 7.92. The minimum atomic E-state index is -3.72. The van der Waals surface area contributed by atoms with Crippen LogP contribution in [0.1, 0.15) is 109 Å². The molecule has 0 bridgehead atoms. The summed E-state index contributed by atoms with van der Waals surface area (Å²) < 4.78 is 30.4. The van der Waals surface area contributed by atoms with Crippen molar-refractivity contribution in [1.82, 2.24) is 9.80 Å². The molecule has 0 saturated carbocycles. The largest absolute Gasteiger partial charge is 0.333 e. The van der Waals surface area contributed by atoms with Gasteiger partial charge in [-0.05, 0) is 49.6 Å². The lowest BCUT2D eigenvalue weighted by molar-refractivity contribution is -0.712. The summed E-state index contributed by atoms with van der Waals surface area (Å²) in [4.78, 5) is 59.9. The van der Waals surface area contributed by atoms with Crippen LogP contribution >= 0.6 is 11.6 Å². The molecule has 2 aliphatic rings. The summed E-state index contributed by atoms with van der Waals surface area (Å²) in [5, 5.41) is 2.71. The van der Waals surface area contributed by atoms with E-state index in [1.807, 2.05) is 18.2 Å². The monoisotopic (exact) mass is 821 g/mol. The van der Waals surface area contributed by atoms with E-state index in [1.54, 1.807) is 48.1 Å². The van der Waals surface area contributed by atoms with Crippen LogP contribution in [-0.4, -0.2) is 66.4 Å². The van der Waals surface area contributed by atoms with Crippen molar-refractivity contribution in [2.45, 2.75) is 129 Å². The first-order valence-corrected chi connectivity index (χ1v) is 22.6. The highest BCUT2D eigenvalue weighted by atomic mass is 35.5. The lowest BCUT2D eigenvalue weighted by atomic mass is 10.0. The second-order valence-corrected chi connectivity index (χ2v) is 17.4. The van der Waals surface area contributed by atoms with Gasteiger partial charge in [-0.2, -0.15) is 4.57 Å². The van der Waals surface area contributed by atoms with Gasteiger partial charge in [0.1, 0.15) is 6.04 Å². The minimum absolute atomic E-state index is 0.0156. The van der Waals surface area contributed by atoms with Crippen molar-refractivity contribution in [3.8, 4) is 0 Å². The van der Waals surface area contributed by atoms with Gasteiger partial charge >= 0.3 is 6.03 Å². The van der Waals surface area contributed by atoms with Gasteiger partial charge in [-0.25, -0.2) is 18.1 Å². The molecule has 0 aliphatic carbocycles. The number of para-hydroxylation sites is 1. The molecule has 5 amide bonds. The molecule has 1 saturated heterocycles. The maximum atomic E-state index is 14.4. The fraction of sp³-hybridized carbons (Fsp3) is 0.512. The number of pyridine rings is 1. The summed E-state index contributed by atoms with van der Waals surface area (Å²) in [5.41, 5.74) is 1.68. The van der Waals surface area contributed by atoms with Crippen molar-refractivity contribution < 1.29 is 32.2 Å². The first-order valence-electron chi connectivity index (χ1n) is 20.6. The van der Waals surface area contributed by atoms with Crippen LogP contribution in [0.2, 0.25) is 5.02 Å². The maximum Gasteiger partial charge on any atom is 0.333 e. The number of halogens is 1. The number of urea groups is 1. The van der Waals surface area contributed by atoms with Gasteiger partial charge < -0.3 is 10.2 Å². The van der Waals surface area contributed by atoms with Gasteiger partial charge in [-0.1, -0.05) is 126 Å². The molecule has 1 aromatic heterocycles. The molecule has 3 aromatic rings. The number of benzene rings is 2. The molecule has 57 heavy (non-hydrogen) atoms. The lowest BCUT2D eigenvalue weighted by Crippen LogP contribution is -2.57. The van der Waals surface area contributed by atoms with E-state index in [9.17, 15) is 27.6 Å². The Kier molecular flexibility index (Phi) is 16.3. The molecular weight excluding hydrogens is 764 g/mol. The van der Waals surface area contributed by atoms with Crippen LogP contribution in [0.5, 0.6) is 0 Å². The Hall–Kier alpha value is -4.49. The lowest BCUT2D eigenvalue weighted by Gasteiger charge is -2.28. The highest BCUT2D eigenvalue weighted by Crippen LogP contribution is 2.32. The topological polar surface area (TPSA) is 140 Å². The molecule has 2 aromatic carbocycles. The van der Waals surface area contributed by atoms with Crippen LogP contribution in [0.4, 0.5) is 21.9 Å². The Morgan fingerprint density at radius 3 is 2.11 bits per heavy atom. The Bertz CT molecular complexity index is 1950. The average molecular weight is 822 g/mol. The summed E-state index contributed by atoms with van der Waals surface area (Å²) in [6, 6.07) is 13.3. The van der Waals surface area contributed by atoms with Crippen LogP contribution < -0.4 is 19.5 Å². The summed E-state index contributed by atoms with van der Waals surface area (Å²) in [6.07, 6.45) is 20.3. The van der Waals surface area contributed by atoms with Crippen LogP contribution in [0.25, 0.3) is 0 Å². The van der Waals surface area contributed by atoms with Crippen molar-refractivity contribution in [1.29, 1.82) is 0 Å². The Morgan fingerprint density at radius 1 is 0.842 bits per heavy atom. The van der Waals surface area contributed by atoms with Gasteiger partial charge in [0.2, 0.25) is 16.7 Å². The summed E-state index contributed by atoms with van der Waals surface area (Å²) >= 11 is 6.50. The van der Waals surface area contributed by atoms with E-state index < -0.39 is 45.9 Å². The predicted octanol–water partition coefficient (Wildman–Crippen LogP) is 8.06. The first kappa shape index (κ1) is 43.6. The van der Waals surface area contributed by atoms with Gasteiger partial charge in [0, 0.05) is 24.4 Å². The van der Waals surface area contributed by atoms with E-state index in [4.69, 9.17) is 11.6 Å². The molecule has 5 rings (SSSR count). The number of aromatic nitrogens is 1. The molecule has 308 valence electrons. The SMILES string of the molecule is CCCCCCCCCCCCCCCCS(=O)(=O)Nc1ccc(Cl)c(NC(=O)C(C(=O)N2CCc3ccccc32)N2C(=O)C(C)N(C[n+]3ccccc3)C2=O)c1. The van der Waals surface area contributed by atoms with E-state index in [0.29, 0.717) is 18.5 Å². The predicted molar refractivity (Wildman–Crippen MR) is 224 cm³/mol. The molecule has 0 radical (unpaired) electrons. The fourth-order valence-corrected chi connectivity index (χ4v) is 8.85. The van der Waals surface area contributed by atoms with Gasteiger partial charge in [0.05, 0.1) is 22.2 Å². The van der Waals surface area contributed by atoms with Crippen LogP contribution in [-0.2, 0) is 37.5 Å². The average Bonchev–Trinajstić information content (AvgIpc) is 3.71. The normalized spacial score (nSPS) is 15.9. The summed E-state index contributed by atoms with van der Waals surface area (Å²) in [6.45, 7) is 4.07. The zero-order chi connectivity index (χ0) is 40.8. The third kappa shape index (κ3) is 12.0. The fourth-order valence-electron chi connectivity index (χ4n) is 7.52. The van der Waals surface area contributed by atoms with Gasteiger partial charge in [-0.15, -0.1) is 0 Å². The second-order valence-electron chi connectivity index (χ2n) is 15.1. The molecule has 2 N–H and O–H groups in total. The number of nitrogens with zero attached hydrogens (tertiary/aromatic N) is 4. The van der Waals surface area contributed by atoms with Crippen LogP contribution in [0.3, 0.4) is 0 Å². The number of sulfonamides is 1. The van der Waals surface area contributed by atoms with E-state index in [1.165, 1.54) is 92.2 Å². The molecule has 0 spiro atoms. The van der Waals surface area contributed by atoms with Crippen molar-refractivity contribution in [2.24, 2.45) is 0 Å². The second kappa shape index (κ2) is 21.3.